The number of aryl methyl sites for hydroxylation is 1. The largest absolute Gasteiger partial charge is 0.496 e. The first-order chi connectivity index (χ1) is 12.5. The third-order valence-corrected chi connectivity index (χ3v) is 5.00. The molecular weight excluding hydrogens is 435 g/mol. The van der Waals surface area contributed by atoms with E-state index in [2.05, 4.69) is 27.4 Å². The summed E-state index contributed by atoms with van der Waals surface area (Å²) in [7, 11) is 1.66. The number of imidazole rings is 1. The number of ether oxygens (including phenoxy) is 1. The van der Waals surface area contributed by atoms with Crippen LogP contribution in [0.25, 0.3) is 23.4 Å². The Labute approximate surface area is 171 Å². The minimum absolute atomic E-state index is 0.586. The zero-order valence-corrected chi connectivity index (χ0v) is 17.4. The average molecular weight is 452 g/mol. The van der Waals surface area contributed by atoms with Crippen molar-refractivity contribution in [1.29, 1.82) is 0 Å². The van der Waals surface area contributed by atoms with Crippen molar-refractivity contribution >= 4 is 51.3 Å². The average Bonchev–Trinajstić information content (AvgIpc) is 3.03. The fourth-order valence-corrected chi connectivity index (χ4v) is 3.53. The Balaban J connectivity index is 1.98. The second kappa shape index (κ2) is 8.30. The Morgan fingerprint density at radius 3 is 2.65 bits per heavy atom. The number of benzene rings is 2. The highest BCUT2D eigenvalue weighted by molar-refractivity contribution is 9.10. The molecule has 0 amide bonds. The maximum Gasteiger partial charge on any atom is 0.133 e. The Kier molecular flexibility index (Phi) is 6.07. The van der Waals surface area contributed by atoms with E-state index in [9.17, 15) is 0 Å². The van der Waals surface area contributed by atoms with Crippen LogP contribution in [0, 0.1) is 0 Å². The lowest BCUT2D eigenvalue weighted by molar-refractivity contribution is 0.414. The van der Waals surface area contributed by atoms with E-state index in [1.807, 2.05) is 48.7 Å². The second-order valence-corrected chi connectivity index (χ2v) is 7.37. The highest BCUT2D eigenvalue weighted by atomic mass is 79.9. The smallest absolute Gasteiger partial charge is 0.133 e. The Hall–Kier alpha value is -1.75. The minimum Gasteiger partial charge on any atom is -0.496 e. The van der Waals surface area contributed by atoms with Gasteiger partial charge in [-0.2, -0.15) is 0 Å². The zero-order valence-electron chi connectivity index (χ0n) is 14.3. The van der Waals surface area contributed by atoms with Gasteiger partial charge in [0.05, 0.1) is 17.8 Å². The third-order valence-electron chi connectivity index (χ3n) is 3.96. The van der Waals surface area contributed by atoms with Crippen LogP contribution in [0.4, 0.5) is 0 Å². The minimum atomic E-state index is 0.586. The van der Waals surface area contributed by atoms with Crippen molar-refractivity contribution in [2.24, 2.45) is 0 Å². The maximum absolute atomic E-state index is 6.33. The summed E-state index contributed by atoms with van der Waals surface area (Å²) in [5.41, 5.74) is 2.64. The molecule has 1 aromatic heterocycles. The van der Waals surface area contributed by atoms with Gasteiger partial charge in [-0.3, -0.25) is 0 Å². The molecule has 0 saturated carbocycles. The van der Waals surface area contributed by atoms with Crippen molar-refractivity contribution in [1.82, 2.24) is 9.55 Å². The summed E-state index contributed by atoms with van der Waals surface area (Å²) in [6, 6.07) is 11.3. The van der Waals surface area contributed by atoms with Crippen LogP contribution in [0.3, 0.4) is 0 Å². The monoisotopic (exact) mass is 450 g/mol. The van der Waals surface area contributed by atoms with Crippen LogP contribution in [0.15, 0.2) is 47.1 Å². The number of aromatic nitrogens is 2. The fourth-order valence-electron chi connectivity index (χ4n) is 2.64. The number of hydrogen-bond donors (Lipinski definition) is 0. The molecule has 0 aliphatic heterocycles. The van der Waals surface area contributed by atoms with Gasteiger partial charge in [-0.25, -0.2) is 4.98 Å². The van der Waals surface area contributed by atoms with Gasteiger partial charge in [-0.15, -0.1) is 0 Å². The number of methoxy groups -OCH3 is 1. The molecule has 0 unspecified atom stereocenters. The van der Waals surface area contributed by atoms with Gasteiger partial charge in [0, 0.05) is 33.4 Å². The molecule has 2 aromatic carbocycles. The van der Waals surface area contributed by atoms with Gasteiger partial charge < -0.3 is 9.30 Å². The molecule has 1 heterocycles. The van der Waals surface area contributed by atoms with Crippen LogP contribution in [0.1, 0.15) is 18.3 Å². The van der Waals surface area contributed by atoms with Crippen LogP contribution in [-0.4, -0.2) is 16.7 Å². The van der Waals surface area contributed by atoms with Crippen molar-refractivity contribution in [2.75, 3.05) is 7.11 Å². The molecule has 6 heteroatoms. The van der Waals surface area contributed by atoms with Crippen molar-refractivity contribution in [3.63, 3.8) is 0 Å². The lowest BCUT2D eigenvalue weighted by atomic mass is 10.2. The lowest BCUT2D eigenvalue weighted by Gasteiger charge is -2.05. The van der Waals surface area contributed by atoms with Crippen molar-refractivity contribution in [2.45, 2.75) is 13.5 Å². The zero-order chi connectivity index (χ0) is 18.7. The molecule has 0 radical (unpaired) electrons. The lowest BCUT2D eigenvalue weighted by Crippen LogP contribution is -1.95. The quantitative estimate of drug-likeness (QED) is 0.425. The molecule has 3 rings (SSSR count). The van der Waals surface area contributed by atoms with Crippen LogP contribution in [0.2, 0.25) is 10.0 Å². The van der Waals surface area contributed by atoms with E-state index in [0.717, 1.165) is 39.4 Å². The molecule has 0 bridgehead atoms. The molecule has 0 aliphatic carbocycles. The highest BCUT2D eigenvalue weighted by Crippen LogP contribution is 2.30. The van der Waals surface area contributed by atoms with E-state index in [1.165, 1.54) is 0 Å². The third kappa shape index (κ3) is 4.14. The first-order valence-electron chi connectivity index (χ1n) is 8.06. The van der Waals surface area contributed by atoms with E-state index in [0.29, 0.717) is 10.0 Å². The molecule has 134 valence electrons. The summed E-state index contributed by atoms with van der Waals surface area (Å²) < 4.78 is 8.48. The SMILES string of the molecule is CCn1cc(-c2ccc(Cl)cc2Cl)nc1/C=C/c1cc(Br)ccc1OC. The number of rotatable bonds is 5. The summed E-state index contributed by atoms with van der Waals surface area (Å²) in [5.74, 6) is 1.65. The van der Waals surface area contributed by atoms with Crippen LogP contribution in [0.5, 0.6) is 5.75 Å². The van der Waals surface area contributed by atoms with Gasteiger partial charge in [0.15, 0.2) is 0 Å². The normalized spacial score (nSPS) is 11.3. The second-order valence-electron chi connectivity index (χ2n) is 5.61. The summed E-state index contributed by atoms with van der Waals surface area (Å²) >= 11 is 15.8. The topological polar surface area (TPSA) is 27.1 Å². The van der Waals surface area contributed by atoms with Gasteiger partial charge in [-0.05, 0) is 55.5 Å². The molecule has 26 heavy (non-hydrogen) atoms. The number of hydrogen-bond acceptors (Lipinski definition) is 2. The standard InChI is InChI=1S/C20H17BrCl2N2O/c1-3-25-12-18(16-7-6-15(22)11-17(16)23)24-20(25)9-4-13-10-14(21)5-8-19(13)26-2/h4-12H,3H2,1-2H3/b9-4+. The van der Waals surface area contributed by atoms with Gasteiger partial charge in [0.1, 0.15) is 11.6 Å². The van der Waals surface area contributed by atoms with E-state index in [-0.39, 0.29) is 0 Å². The molecule has 0 aliphatic rings. The summed E-state index contributed by atoms with van der Waals surface area (Å²) in [6.07, 6.45) is 5.96. The predicted molar refractivity (Wildman–Crippen MR) is 113 cm³/mol. The number of halogens is 3. The van der Waals surface area contributed by atoms with Crippen LogP contribution >= 0.6 is 39.1 Å². The van der Waals surface area contributed by atoms with Gasteiger partial charge in [0.25, 0.3) is 0 Å². The number of nitrogens with zero attached hydrogens (tertiary/aromatic N) is 2. The highest BCUT2D eigenvalue weighted by Gasteiger charge is 2.11. The van der Waals surface area contributed by atoms with E-state index < -0.39 is 0 Å². The molecule has 0 saturated heterocycles. The molecule has 0 spiro atoms. The Morgan fingerprint density at radius 2 is 1.96 bits per heavy atom. The van der Waals surface area contributed by atoms with E-state index in [1.54, 1.807) is 13.2 Å². The van der Waals surface area contributed by atoms with Crippen molar-refractivity contribution in [3.05, 3.63) is 68.5 Å². The van der Waals surface area contributed by atoms with Crippen LogP contribution < -0.4 is 4.74 Å². The molecule has 3 nitrogen and oxygen atoms in total. The molecular formula is C20H17BrCl2N2O. The first kappa shape index (κ1) is 19.0. The Bertz CT molecular complexity index is 966. The van der Waals surface area contributed by atoms with Gasteiger partial charge in [0.2, 0.25) is 0 Å². The Morgan fingerprint density at radius 1 is 1.15 bits per heavy atom. The van der Waals surface area contributed by atoms with Gasteiger partial charge >= 0.3 is 0 Å². The maximum atomic E-state index is 6.33. The molecule has 0 N–H and O–H groups in total. The first-order valence-corrected chi connectivity index (χ1v) is 9.61. The molecule has 0 atom stereocenters. The summed E-state index contributed by atoms with van der Waals surface area (Å²) in [4.78, 5) is 4.73. The van der Waals surface area contributed by atoms with E-state index >= 15 is 0 Å². The molecule has 3 aromatic rings. The predicted octanol–water partition coefficient (Wildman–Crippen LogP) is 6.82. The van der Waals surface area contributed by atoms with E-state index in [4.69, 9.17) is 32.9 Å². The molecule has 0 fully saturated rings. The van der Waals surface area contributed by atoms with Crippen LogP contribution in [-0.2, 0) is 6.54 Å². The summed E-state index contributed by atoms with van der Waals surface area (Å²) in [6.45, 7) is 2.87. The van der Waals surface area contributed by atoms with Crippen molar-refractivity contribution in [3.8, 4) is 17.0 Å². The fraction of sp³-hybridized carbons (Fsp3) is 0.150. The summed E-state index contributed by atoms with van der Waals surface area (Å²) in [5, 5.41) is 1.19. The van der Waals surface area contributed by atoms with Gasteiger partial charge in [-0.1, -0.05) is 39.1 Å². The van der Waals surface area contributed by atoms with Crippen molar-refractivity contribution < 1.29 is 4.74 Å².